The molecule has 0 saturated heterocycles. The molecule has 0 atom stereocenters. The van der Waals surface area contributed by atoms with E-state index in [0.717, 1.165) is 18.7 Å². The van der Waals surface area contributed by atoms with Gasteiger partial charge in [-0.25, -0.2) is 4.79 Å². The molecular formula is C17H25N5O3. The van der Waals surface area contributed by atoms with Crippen molar-refractivity contribution in [2.45, 2.75) is 46.6 Å². The van der Waals surface area contributed by atoms with Crippen LogP contribution in [0.4, 0.5) is 0 Å². The maximum absolute atomic E-state index is 12.6. The molecular weight excluding hydrogens is 322 g/mol. The molecule has 8 heteroatoms. The Hall–Kier alpha value is -2.64. The summed E-state index contributed by atoms with van der Waals surface area (Å²) in [5.74, 6) is 0.228. The van der Waals surface area contributed by atoms with Gasteiger partial charge in [0.2, 0.25) is 0 Å². The number of amides is 1. The number of aromatic nitrogens is 4. The van der Waals surface area contributed by atoms with Crippen molar-refractivity contribution in [2.75, 3.05) is 13.7 Å². The maximum Gasteiger partial charge on any atom is 0.339 e. The maximum atomic E-state index is 12.6. The van der Waals surface area contributed by atoms with E-state index in [0.29, 0.717) is 42.0 Å². The quantitative estimate of drug-likeness (QED) is 0.707. The van der Waals surface area contributed by atoms with Crippen LogP contribution in [0.5, 0.6) is 0 Å². The van der Waals surface area contributed by atoms with Crippen molar-refractivity contribution in [2.24, 2.45) is 0 Å². The summed E-state index contributed by atoms with van der Waals surface area (Å²) in [7, 11) is 1.34. The van der Waals surface area contributed by atoms with Gasteiger partial charge >= 0.3 is 5.97 Å². The Balaban J connectivity index is 2.12. The Morgan fingerprint density at radius 2 is 2.12 bits per heavy atom. The van der Waals surface area contributed by atoms with Crippen molar-refractivity contribution in [3.8, 4) is 0 Å². The number of aromatic amines is 1. The lowest BCUT2D eigenvalue weighted by Crippen LogP contribution is -2.28. The summed E-state index contributed by atoms with van der Waals surface area (Å²) < 4.78 is 6.75. The lowest BCUT2D eigenvalue weighted by molar-refractivity contribution is 0.0599. The normalized spacial score (nSPS) is 10.7. The van der Waals surface area contributed by atoms with Gasteiger partial charge in [-0.3, -0.25) is 4.79 Å². The number of methoxy groups -OCH3 is 1. The first-order valence-electron chi connectivity index (χ1n) is 8.48. The monoisotopic (exact) mass is 347 g/mol. The molecule has 0 aliphatic rings. The summed E-state index contributed by atoms with van der Waals surface area (Å²) in [4.78, 5) is 27.6. The van der Waals surface area contributed by atoms with E-state index in [-0.39, 0.29) is 5.91 Å². The number of esters is 1. The first-order valence-corrected chi connectivity index (χ1v) is 8.48. The molecule has 1 amide bonds. The predicted molar refractivity (Wildman–Crippen MR) is 92.6 cm³/mol. The molecule has 2 rings (SSSR count). The molecule has 25 heavy (non-hydrogen) atoms. The van der Waals surface area contributed by atoms with E-state index in [2.05, 4.69) is 20.5 Å². The smallest absolute Gasteiger partial charge is 0.339 e. The predicted octanol–water partition coefficient (Wildman–Crippen LogP) is 1.65. The van der Waals surface area contributed by atoms with Gasteiger partial charge in [0.1, 0.15) is 17.8 Å². The second-order valence-electron chi connectivity index (χ2n) is 5.77. The average Bonchev–Trinajstić information content (AvgIpc) is 3.18. The SMILES string of the molecule is CCCc1c(C(=O)NCCn2cnnc2CC)[nH]c(C)c1C(=O)OC. The number of H-pyrrole nitrogens is 1. The van der Waals surface area contributed by atoms with E-state index >= 15 is 0 Å². The summed E-state index contributed by atoms with van der Waals surface area (Å²) in [5.41, 5.74) is 2.25. The molecule has 2 aromatic rings. The van der Waals surface area contributed by atoms with Gasteiger partial charge in [0, 0.05) is 25.2 Å². The Labute approximate surface area is 147 Å². The van der Waals surface area contributed by atoms with Gasteiger partial charge in [0.15, 0.2) is 0 Å². The third-order valence-corrected chi connectivity index (χ3v) is 4.06. The molecule has 2 aromatic heterocycles. The Morgan fingerprint density at radius 3 is 2.76 bits per heavy atom. The van der Waals surface area contributed by atoms with Gasteiger partial charge in [-0.1, -0.05) is 20.3 Å². The minimum atomic E-state index is -0.423. The molecule has 0 unspecified atom stereocenters. The molecule has 0 spiro atoms. The standard InChI is InChI=1S/C17H25N5O3/c1-5-7-12-14(17(24)25-4)11(3)20-15(12)16(23)18-8-9-22-10-19-21-13(22)6-2/h10,20H,5-9H2,1-4H3,(H,18,23). The van der Waals surface area contributed by atoms with E-state index < -0.39 is 5.97 Å². The molecule has 0 fully saturated rings. The fraction of sp³-hybridized carbons (Fsp3) is 0.529. The highest BCUT2D eigenvalue weighted by molar-refractivity contribution is 6.00. The number of aryl methyl sites for hydroxylation is 2. The Morgan fingerprint density at radius 1 is 1.36 bits per heavy atom. The minimum Gasteiger partial charge on any atom is -0.465 e. The van der Waals surface area contributed by atoms with E-state index in [1.807, 2.05) is 18.4 Å². The Bertz CT molecular complexity index is 748. The van der Waals surface area contributed by atoms with Gasteiger partial charge in [0.25, 0.3) is 5.91 Å². The van der Waals surface area contributed by atoms with Crippen LogP contribution in [0.3, 0.4) is 0 Å². The van der Waals surface area contributed by atoms with Crippen molar-refractivity contribution in [3.63, 3.8) is 0 Å². The van der Waals surface area contributed by atoms with Crippen LogP contribution in [0.2, 0.25) is 0 Å². The number of nitrogens with zero attached hydrogens (tertiary/aromatic N) is 3. The van der Waals surface area contributed by atoms with Crippen LogP contribution >= 0.6 is 0 Å². The molecule has 8 nitrogen and oxygen atoms in total. The molecule has 0 saturated carbocycles. The number of carbonyl (C=O) groups is 2. The van der Waals surface area contributed by atoms with Crippen molar-refractivity contribution in [1.82, 2.24) is 25.1 Å². The highest BCUT2D eigenvalue weighted by Gasteiger charge is 2.24. The summed E-state index contributed by atoms with van der Waals surface area (Å²) in [5, 5.41) is 10.8. The molecule has 0 aliphatic carbocycles. The topological polar surface area (TPSA) is 102 Å². The van der Waals surface area contributed by atoms with Crippen molar-refractivity contribution in [3.05, 3.63) is 34.7 Å². The van der Waals surface area contributed by atoms with Crippen LogP contribution in [0, 0.1) is 6.92 Å². The second kappa shape index (κ2) is 8.46. The first-order chi connectivity index (χ1) is 12.0. The third-order valence-electron chi connectivity index (χ3n) is 4.06. The van der Waals surface area contributed by atoms with Gasteiger partial charge in [-0.05, 0) is 18.9 Å². The van der Waals surface area contributed by atoms with Gasteiger partial charge < -0.3 is 19.6 Å². The van der Waals surface area contributed by atoms with Crippen molar-refractivity contribution < 1.29 is 14.3 Å². The highest BCUT2D eigenvalue weighted by atomic mass is 16.5. The second-order valence-corrected chi connectivity index (χ2v) is 5.77. The largest absolute Gasteiger partial charge is 0.465 e. The molecule has 0 bridgehead atoms. The minimum absolute atomic E-state index is 0.229. The number of rotatable bonds is 8. The molecule has 0 aliphatic heterocycles. The summed E-state index contributed by atoms with van der Waals surface area (Å²) >= 11 is 0. The Kier molecular flexibility index (Phi) is 6.32. The number of hydrogen-bond donors (Lipinski definition) is 2. The van der Waals surface area contributed by atoms with E-state index in [4.69, 9.17) is 4.74 Å². The zero-order valence-corrected chi connectivity index (χ0v) is 15.2. The van der Waals surface area contributed by atoms with Crippen LogP contribution in [0.15, 0.2) is 6.33 Å². The van der Waals surface area contributed by atoms with E-state index in [1.165, 1.54) is 7.11 Å². The number of ether oxygens (including phenoxy) is 1. The zero-order chi connectivity index (χ0) is 18.4. The number of carbonyl (C=O) groups excluding carboxylic acids is 2. The fourth-order valence-electron chi connectivity index (χ4n) is 2.87. The summed E-state index contributed by atoms with van der Waals surface area (Å²) in [6.07, 6.45) is 3.89. The summed E-state index contributed by atoms with van der Waals surface area (Å²) in [6.45, 7) is 6.82. The molecule has 136 valence electrons. The van der Waals surface area contributed by atoms with Crippen LogP contribution in [0.1, 0.15) is 58.2 Å². The van der Waals surface area contributed by atoms with E-state index in [1.54, 1.807) is 13.3 Å². The van der Waals surface area contributed by atoms with E-state index in [9.17, 15) is 9.59 Å². The molecule has 0 radical (unpaired) electrons. The fourth-order valence-corrected chi connectivity index (χ4v) is 2.87. The number of hydrogen-bond acceptors (Lipinski definition) is 5. The van der Waals surface area contributed by atoms with Gasteiger partial charge in [-0.15, -0.1) is 10.2 Å². The van der Waals surface area contributed by atoms with Crippen LogP contribution in [-0.4, -0.2) is 45.3 Å². The van der Waals surface area contributed by atoms with Crippen LogP contribution in [-0.2, 0) is 24.1 Å². The summed E-state index contributed by atoms with van der Waals surface area (Å²) in [6, 6.07) is 0. The molecule has 2 N–H and O–H groups in total. The van der Waals surface area contributed by atoms with Crippen LogP contribution in [0.25, 0.3) is 0 Å². The molecule has 0 aromatic carbocycles. The van der Waals surface area contributed by atoms with Crippen molar-refractivity contribution >= 4 is 11.9 Å². The number of nitrogens with one attached hydrogen (secondary N) is 2. The van der Waals surface area contributed by atoms with Gasteiger partial charge in [0.05, 0.1) is 12.7 Å². The van der Waals surface area contributed by atoms with Crippen LogP contribution < -0.4 is 5.32 Å². The lowest BCUT2D eigenvalue weighted by atomic mass is 10.0. The third kappa shape index (κ3) is 4.07. The zero-order valence-electron chi connectivity index (χ0n) is 15.2. The first kappa shape index (κ1) is 18.7. The lowest BCUT2D eigenvalue weighted by Gasteiger charge is -2.08. The highest BCUT2D eigenvalue weighted by Crippen LogP contribution is 2.21. The van der Waals surface area contributed by atoms with Gasteiger partial charge in [-0.2, -0.15) is 0 Å². The van der Waals surface area contributed by atoms with Crippen molar-refractivity contribution in [1.29, 1.82) is 0 Å². The molecule has 2 heterocycles. The average molecular weight is 347 g/mol.